The summed E-state index contributed by atoms with van der Waals surface area (Å²) in [6.45, 7) is 1.80. The van der Waals surface area contributed by atoms with Crippen LogP contribution in [0.4, 0.5) is 17.6 Å². The third-order valence-electron chi connectivity index (χ3n) is 5.54. The SMILES string of the molecule is O=C(N[C@@H]1c2ccccc2C[C@H]1N1CCCC1)c1c(F)c(F)c(F)c(F)c1I. The largest absolute Gasteiger partial charge is 0.343 e. The average Bonchev–Trinajstić information content (AvgIpc) is 3.33. The summed E-state index contributed by atoms with van der Waals surface area (Å²) in [4.78, 5) is 15.1. The molecule has 1 aliphatic carbocycles. The number of carbonyl (C=O) groups excluding carboxylic acids is 1. The van der Waals surface area contributed by atoms with Crippen molar-refractivity contribution in [1.29, 1.82) is 0 Å². The maximum atomic E-state index is 14.3. The number of rotatable bonds is 3. The number of hydrogen-bond acceptors (Lipinski definition) is 2. The molecule has 148 valence electrons. The summed E-state index contributed by atoms with van der Waals surface area (Å²) in [6.07, 6.45) is 2.86. The van der Waals surface area contributed by atoms with E-state index in [1.165, 1.54) is 22.6 Å². The van der Waals surface area contributed by atoms with Crippen molar-refractivity contribution < 1.29 is 22.4 Å². The first kappa shape index (κ1) is 19.6. The minimum atomic E-state index is -1.98. The maximum absolute atomic E-state index is 14.3. The minimum Gasteiger partial charge on any atom is -0.343 e. The van der Waals surface area contributed by atoms with Crippen LogP contribution in [0.2, 0.25) is 0 Å². The molecule has 2 atom stereocenters. The van der Waals surface area contributed by atoms with Gasteiger partial charge >= 0.3 is 0 Å². The monoisotopic (exact) mass is 504 g/mol. The van der Waals surface area contributed by atoms with Crippen molar-refractivity contribution >= 4 is 28.5 Å². The fraction of sp³-hybridized carbons (Fsp3) is 0.350. The van der Waals surface area contributed by atoms with Gasteiger partial charge in [0, 0.05) is 6.04 Å². The zero-order valence-electron chi connectivity index (χ0n) is 14.7. The molecule has 8 heteroatoms. The lowest BCUT2D eigenvalue weighted by molar-refractivity contribution is 0.0899. The Morgan fingerprint density at radius 2 is 1.64 bits per heavy atom. The molecule has 3 nitrogen and oxygen atoms in total. The summed E-state index contributed by atoms with van der Waals surface area (Å²) in [6, 6.07) is 7.19. The molecule has 28 heavy (non-hydrogen) atoms. The van der Waals surface area contributed by atoms with Crippen molar-refractivity contribution in [1.82, 2.24) is 10.2 Å². The van der Waals surface area contributed by atoms with Crippen molar-refractivity contribution in [3.8, 4) is 0 Å². The summed E-state index contributed by atoms with van der Waals surface area (Å²) >= 11 is 1.33. The highest BCUT2D eigenvalue weighted by atomic mass is 127. The van der Waals surface area contributed by atoms with E-state index in [1.54, 1.807) is 0 Å². The van der Waals surface area contributed by atoms with Gasteiger partial charge in [0.25, 0.3) is 5.91 Å². The molecular weight excluding hydrogens is 487 g/mol. The molecular formula is C20H17F4IN2O. The number of amides is 1. The molecule has 2 aromatic rings. The number of likely N-dealkylation sites (tertiary alicyclic amines) is 1. The second kappa shape index (κ2) is 7.62. The first-order valence-corrected chi connectivity index (χ1v) is 10.1. The van der Waals surface area contributed by atoms with Crippen LogP contribution in [-0.2, 0) is 6.42 Å². The van der Waals surface area contributed by atoms with Crippen LogP contribution < -0.4 is 5.32 Å². The van der Waals surface area contributed by atoms with E-state index in [1.807, 2.05) is 24.3 Å². The van der Waals surface area contributed by atoms with Crippen LogP contribution in [0.3, 0.4) is 0 Å². The van der Waals surface area contributed by atoms with Gasteiger partial charge in [0.15, 0.2) is 23.3 Å². The Labute approximate surface area is 173 Å². The molecule has 0 spiro atoms. The summed E-state index contributed by atoms with van der Waals surface area (Å²) in [5.74, 6) is -8.09. The Kier molecular flexibility index (Phi) is 5.34. The van der Waals surface area contributed by atoms with E-state index in [2.05, 4.69) is 10.2 Å². The third-order valence-corrected chi connectivity index (χ3v) is 6.55. The third kappa shape index (κ3) is 3.20. The highest BCUT2D eigenvalue weighted by Crippen LogP contribution is 2.36. The van der Waals surface area contributed by atoms with Gasteiger partial charge in [0.05, 0.1) is 15.2 Å². The minimum absolute atomic E-state index is 0.0142. The Morgan fingerprint density at radius 1 is 1.00 bits per heavy atom. The van der Waals surface area contributed by atoms with Crippen molar-refractivity contribution in [2.45, 2.75) is 31.3 Å². The predicted octanol–water partition coefficient (Wildman–Crippen LogP) is 4.34. The summed E-state index contributed by atoms with van der Waals surface area (Å²) in [5, 5.41) is 2.75. The fourth-order valence-electron chi connectivity index (χ4n) is 4.18. The van der Waals surface area contributed by atoms with E-state index in [9.17, 15) is 22.4 Å². The molecule has 0 saturated carbocycles. The molecule has 1 saturated heterocycles. The Bertz CT molecular complexity index is 917. The van der Waals surface area contributed by atoms with Crippen LogP contribution in [0.25, 0.3) is 0 Å². The number of nitrogens with one attached hydrogen (secondary N) is 1. The van der Waals surface area contributed by atoms with E-state index < -0.39 is 44.4 Å². The Balaban J connectivity index is 1.70. The maximum Gasteiger partial charge on any atom is 0.256 e. The van der Waals surface area contributed by atoms with Gasteiger partial charge in [0.1, 0.15) is 0 Å². The van der Waals surface area contributed by atoms with Gasteiger partial charge in [-0.05, 0) is 66.1 Å². The molecule has 1 aliphatic heterocycles. The van der Waals surface area contributed by atoms with Crippen LogP contribution in [0.5, 0.6) is 0 Å². The number of halogens is 5. The van der Waals surface area contributed by atoms with Gasteiger partial charge in [-0.25, -0.2) is 17.6 Å². The molecule has 1 N–H and O–H groups in total. The van der Waals surface area contributed by atoms with Gasteiger partial charge in [-0.3, -0.25) is 9.69 Å². The lowest BCUT2D eigenvalue weighted by Gasteiger charge is -2.30. The fourth-order valence-corrected chi connectivity index (χ4v) is 4.90. The first-order valence-electron chi connectivity index (χ1n) is 9.04. The van der Waals surface area contributed by atoms with E-state index >= 15 is 0 Å². The van der Waals surface area contributed by atoms with E-state index in [0.29, 0.717) is 0 Å². The lowest BCUT2D eigenvalue weighted by Crippen LogP contribution is -2.43. The predicted molar refractivity (Wildman–Crippen MR) is 104 cm³/mol. The van der Waals surface area contributed by atoms with Gasteiger partial charge in [-0.15, -0.1) is 0 Å². The van der Waals surface area contributed by atoms with Crippen molar-refractivity contribution in [2.75, 3.05) is 13.1 Å². The Hall–Kier alpha value is -1.68. The van der Waals surface area contributed by atoms with E-state index in [4.69, 9.17) is 0 Å². The molecule has 0 aromatic heterocycles. The van der Waals surface area contributed by atoms with E-state index in [0.717, 1.165) is 43.5 Å². The number of carbonyl (C=O) groups is 1. The smallest absolute Gasteiger partial charge is 0.256 e. The summed E-state index contributed by atoms with van der Waals surface area (Å²) in [5.41, 5.74) is 1.18. The number of benzene rings is 2. The van der Waals surface area contributed by atoms with Crippen molar-refractivity contribution in [3.63, 3.8) is 0 Å². The number of fused-ring (bicyclic) bond motifs is 1. The molecule has 2 aliphatic rings. The molecule has 0 unspecified atom stereocenters. The average molecular weight is 504 g/mol. The molecule has 4 rings (SSSR count). The highest BCUT2D eigenvalue weighted by molar-refractivity contribution is 14.1. The van der Waals surface area contributed by atoms with Crippen molar-refractivity contribution in [3.05, 3.63) is 67.8 Å². The first-order chi connectivity index (χ1) is 13.4. The second-order valence-electron chi connectivity index (χ2n) is 7.11. The Morgan fingerprint density at radius 3 is 2.36 bits per heavy atom. The molecule has 1 heterocycles. The summed E-state index contributed by atoms with van der Waals surface area (Å²) in [7, 11) is 0. The van der Waals surface area contributed by atoms with Crippen LogP contribution >= 0.6 is 22.6 Å². The van der Waals surface area contributed by atoms with Crippen LogP contribution in [0.1, 0.15) is 40.4 Å². The van der Waals surface area contributed by atoms with Crippen LogP contribution in [-0.4, -0.2) is 29.9 Å². The zero-order valence-corrected chi connectivity index (χ0v) is 16.9. The molecule has 0 radical (unpaired) electrons. The standard InChI is InChI=1S/C20H17F4IN2O/c21-14-13(18(25)17(24)16(23)15(14)22)20(28)26-19-11-6-2-1-5-10(11)9-12(19)27-7-3-4-8-27/h1-2,5-6,12,19H,3-4,7-9H2,(H,26,28)/t12-,19-/m1/s1. The molecule has 0 bridgehead atoms. The lowest BCUT2D eigenvalue weighted by atomic mass is 10.0. The molecule has 2 aromatic carbocycles. The quantitative estimate of drug-likeness (QED) is 0.292. The molecule has 1 amide bonds. The zero-order chi connectivity index (χ0) is 20.0. The van der Waals surface area contributed by atoms with Gasteiger partial charge in [-0.1, -0.05) is 24.3 Å². The van der Waals surface area contributed by atoms with Crippen molar-refractivity contribution in [2.24, 2.45) is 0 Å². The van der Waals surface area contributed by atoms with Crippen LogP contribution in [0, 0.1) is 26.8 Å². The van der Waals surface area contributed by atoms with E-state index in [-0.39, 0.29) is 6.04 Å². The van der Waals surface area contributed by atoms with Gasteiger partial charge < -0.3 is 5.32 Å². The second-order valence-corrected chi connectivity index (χ2v) is 8.19. The number of hydrogen-bond donors (Lipinski definition) is 1. The normalized spacial score (nSPS) is 21.8. The van der Waals surface area contributed by atoms with Crippen LogP contribution in [0.15, 0.2) is 24.3 Å². The topological polar surface area (TPSA) is 32.3 Å². The molecule has 1 fully saturated rings. The summed E-state index contributed by atoms with van der Waals surface area (Å²) < 4.78 is 54.7. The van der Waals surface area contributed by atoms with Gasteiger partial charge in [-0.2, -0.15) is 0 Å². The number of nitrogens with zero attached hydrogens (tertiary/aromatic N) is 1. The highest BCUT2D eigenvalue weighted by Gasteiger charge is 2.39. The van der Waals surface area contributed by atoms with Gasteiger partial charge in [0.2, 0.25) is 0 Å².